The molecular weight excluding hydrogens is 300 g/mol. The summed E-state index contributed by atoms with van der Waals surface area (Å²) in [6.07, 6.45) is 0.990. The molecule has 0 amide bonds. The predicted octanol–water partition coefficient (Wildman–Crippen LogP) is 1.66. The van der Waals surface area contributed by atoms with E-state index in [2.05, 4.69) is 38.0 Å². The second-order valence-electron chi connectivity index (χ2n) is 4.77. The van der Waals surface area contributed by atoms with Gasteiger partial charge in [0, 0.05) is 6.54 Å². The van der Waals surface area contributed by atoms with Gasteiger partial charge in [-0.15, -0.1) is 10.2 Å². The summed E-state index contributed by atoms with van der Waals surface area (Å²) >= 11 is 1.52. The van der Waals surface area contributed by atoms with Crippen molar-refractivity contribution >= 4 is 11.8 Å². The molecule has 9 heteroatoms. The van der Waals surface area contributed by atoms with Crippen LogP contribution < -0.4 is 0 Å². The minimum atomic E-state index is 0.624. The van der Waals surface area contributed by atoms with Crippen LogP contribution in [0.5, 0.6) is 0 Å². The topological polar surface area (TPSA) is 87.2 Å². The molecule has 3 rings (SSSR count). The van der Waals surface area contributed by atoms with E-state index in [1.807, 2.05) is 35.9 Å². The summed E-state index contributed by atoms with van der Waals surface area (Å²) in [5.74, 6) is 1.45. The van der Waals surface area contributed by atoms with E-state index >= 15 is 0 Å². The summed E-state index contributed by atoms with van der Waals surface area (Å²) < 4.78 is 3.56. The third kappa shape index (κ3) is 2.98. The molecule has 8 nitrogen and oxygen atoms in total. The molecule has 0 N–H and O–H groups in total. The first-order valence-electron chi connectivity index (χ1n) is 7.02. The van der Waals surface area contributed by atoms with E-state index in [9.17, 15) is 0 Å². The quantitative estimate of drug-likeness (QED) is 0.639. The summed E-state index contributed by atoms with van der Waals surface area (Å²) in [6, 6.07) is 8.00. The van der Waals surface area contributed by atoms with Crippen LogP contribution in [0, 0.1) is 6.92 Å². The summed E-state index contributed by atoms with van der Waals surface area (Å²) in [5, 5.41) is 24.5. The Bertz CT molecular complexity index is 750. The van der Waals surface area contributed by atoms with E-state index in [1.54, 1.807) is 4.68 Å². The molecule has 1 aromatic carbocycles. The lowest BCUT2D eigenvalue weighted by atomic mass is 10.2. The fourth-order valence-corrected chi connectivity index (χ4v) is 2.88. The van der Waals surface area contributed by atoms with Gasteiger partial charge in [0.1, 0.15) is 0 Å². The van der Waals surface area contributed by atoms with Gasteiger partial charge in [0.15, 0.2) is 5.82 Å². The molecule has 114 valence electrons. The highest BCUT2D eigenvalue weighted by molar-refractivity contribution is 7.98. The molecule has 0 atom stereocenters. The SMILES string of the molecule is CCCn1nnnc1CSc1nnnn1-c1ccccc1C. The molecule has 2 aromatic heterocycles. The normalized spacial score (nSPS) is 11.0. The molecule has 0 fully saturated rings. The Hall–Kier alpha value is -2.29. The largest absolute Gasteiger partial charge is 0.229 e. The van der Waals surface area contributed by atoms with Crippen molar-refractivity contribution in [3.8, 4) is 5.69 Å². The highest BCUT2D eigenvalue weighted by Crippen LogP contribution is 2.22. The van der Waals surface area contributed by atoms with E-state index in [1.165, 1.54) is 11.8 Å². The van der Waals surface area contributed by atoms with Crippen LogP contribution in [0.4, 0.5) is 0 Å². The number of para-hydroxylation sites is 1. The molecule has 22 heavy (non-hydrogen) atoms. The minimum absolute atomic E-state index is 0.624. The lowest BCUT2D eigenvalue weighted by Gasteiger charge is -2.07. The van der Waals surface area contributed by atoms with Crippen molar-refractivity contribution in [1.29, 1.82) is 0 Å². The van der Waals surface area contributed by atoms with Gasteiger partial charge >= 0.3 is 0 Å². The first-order valence-corrected chi connectivity index (χ1v) is 8.00. The summed E-state index contributed by atoms with van der Waals surface area (Å²) in [4.78, 5) is 0. The van der Waals surface area contributed by atoms with Crippen molar-refractivity contribution in [1.82, 2.24) is 40.4 Å². The fraction of sp³-hybridized carbons (Fsp3) is 0.385. The molecule has 0 bridgehead atoms. The van der Waals surface area contributed by atoms with Gasteiger partial charge in [0.25, 0.3) is 0 Å². The predicted molar refractivity (Wildman–Crippen MR) is 81.6 cm³/mol. The Kier molecular flexibility index (Phi) is 4.42. The zero-order valence-corrected chi connectivity index (χ0v) is 13.2. The number of thioether (sulfide) groups is 1. The van der Waals surface area contributed by atoms with Crippen LogP contribution in [0.2, 0.25) is 0 Å². The third-order valence-electron chi connectivity index (χ3n) is 3.16. The maximum atomic E-state index is 4.10. The molecule has 0 aliphatic heterocycles. The van der Waals surface area contributed by atoms with Gasteiger partial charge in [-0.05, 0) is 45.8 Å². The molecular formula is C13H16N8S. The van der Waals surface area contributed by atoms with Gasteiger partial charge in [-0.3, -0.25) is 0 Å². The highest BCUT2D eigenvalue weighted by atomic mass is 32.2. The lowest BCUT2D eigenvalue weighted by Crippen LogP contribution is -2.05. The van der Waals surface area contributed by atoms with Crippen molar-refractivity contribution < 1.29 is 0 Å². The number of aromatic nitrogens is 8. The first kappa shape index (κ1) is 14.6. The Morgan fingerprint density at radius 1 is 1.09 bits per heavy atom. The van der Waals surface area contributed by atoms with E-state index in [0.29, 0.717) is 5.75 Å². The molecule has 0 aliphatic carbocycles. The fourth-order valence-electron chi connectivity index (χ4n) is 2.06. The lowest BCUT2D eigenvalue weighted by molar-refractivity contribution is 0.564. The second kappa shape index (κ2) is 6.65. The average molecular weight is 316 g/mol. The maximum Gasteiger partial charge on any atom is 0.214 e. The molecule has 0 radical (unpaired) electrons. The summed E-state index contributed by atoms with van der Waals surface area (Å²) in [6.45, 7) is 4.94. The van der Waals surface area contributed by atoms with Crippen molar-refractivity contribution in [2.75, 3.05) is 0 Å². The average Bonchev–Trinajstić information content (AvgIpc) is 3.15. The van der Waals surface area contributed by atoms with Crippen molar-refractivity contribution in [3.05, 3.63) is 35.7 Å². The third-order valence-corrected chi connectivity index (χ3v) is 4.07. The van der Waals surface area contributed by atoms with Gasteiger partial charge in [0.2, 0.25) is 5.16 Å². The number of tetrazole rings is 2. The molecule has 0 aliphatic rings. The first-order chi connectivity index (χ1) is 10.8. The van der Waals surface area contributed by atoms with Crippen molar-refractivity contribution in [3.63, 3.8) is 0 Å². The second-order valence-corrected chi connectivity index (χ2v) is 5.71. The molecule has 0 saturated heterocycles. The van der Waals surface area contributed by atoms with Gasteiger partial charge in [-0.2, -0.15) is 4.68 Å². The van der Waals surface area contributed by atoms with Crippen LogP contribution in [-0.2, 0) is 12.3 Å². The van der Waals surface area contributed by atoms with E-state index < -0.39 is 0 Å². The van der Waals surface area contributed by atoms with Crippen LogP contribution in [0.15, 0.2) is 29.4 Å². The standard InChI is InChI=1S/C13H16N8S/c1-3-8-20-12(14-16-18-20)9-22-13-15-17-19-21(13)11-7-5-4-6-10(11)2/h4-7H,3,8-9H2,1-2H3. The van der Waals surface area contributed by atoms with Gasteiger partial charge in [-0.1, -0.05) is 36.9 Å². The molecule has 3 aromatic rings. The summed E-state index contributed by atoms with van der Waals surface area (Å²) in [7, 11) is 0. The van der Waals surface area contributed by atoms with Gasteiger partial charge < -0.3 is 0 Å². The molecule has 2 heterocycles. The van der Waals surface area contributed by atoms with Crippen molar-refractivity contribution in [2.24, 2.45) is 0 Å². The van der Waals surface area contributed by atoms with E-state index in [4.69, 9.17) is 0 Å². The van der Waals surface area contributed by atoms with Gasteiger partial charge in [-0.25, -0.2) is 4.68 Å². The maximum absolute atomic E-state index is 4.10. The molecule has 0 unspecified atom stereocenters. The number of hydrogen-bond acceptors (Lipinski definition) is 7. The van der Waals surface area contributed by atoms with Crippen molar-refractivity contribution in [2.45, 2.75) is 37.7 Å². The zero-order valence-electron chi connectivity index (χ0n) is 12.4. The summed E-state index contributed by atoms with van der Waals surface area (Å²) in [5.41, 5.74) is 2.09. The molecule has 0 saturated carbocycles. The number of aryl methyl sites for hydroxylation is 2. The monoisotopic (exact) mass is 316 g/mol. The van der Waals surface area contributed by atoms with Gasteiger partial charge in [0.05, 0.1) is 11.4 Å². The minimum Gasteiger partial charge on any atom is -0.229 e. The Morgan fingerprint density at radius 2 is 1.91 bits per heavy atom. The van der Waals surface area contributed by atoms with Crippen LogP contribution in [0.3, 0.4) is 0 Å². The van der Waals surface area contributed by atoms with E-state index in [0.717, 1.165) is 35.2 Å². The van der Waals surface area contributed by atoms with Crippen LogP contribution in [0.25, 0.3) is 5.69 Å². The zero-order chi connectivity index (χ0) is 15.4. The van der Waals surface area contributed by atoms with Crippen LogP contribution in [0.1, 0.15) is 24.7 Å². The van der Waals surface area contributed by atoms with E-state index in [-0.39, 0.29) is 0 Å². The number of hydrogen-bond donors (Lipinski definition) is 0. The van der Waals surface area contributed by atoms with Crippen LogP contribution >= 0.6 is 11.8 Å². The Morgan fingerprint density at radius 3 is 2.73 bits per heavy atom. The number of benzene rings is 1. The smallest absolute Gasteiger partial charge is 0.214 e. The number of rotatable bonds is 6. The van der Waals surface area contributed by atoms with Crippen LogP contribution in [-0.4, -0.2) is 40.4 Å². The Labute approximate surface area is 131 Å². The molecule has 0 spiro atoms. The Balaban J connectivity index is 1.79. The highest BCUT2D eigenvalue weighted by Gasteiger charge is 2.13. The number of nitrogens with zero attached hydrogens (tertiary/aromatic N) is 8.